The van der Waals surface area contributed by atoms with Crippen LogP contribution in [-0.2, 0) is 6.54 Å². The maximum absolute atomic E-state index is 11.0. The summed E-state index contributed by atoms with van der Waals surface area (Å²) in [4.78, 5) is 10.5. The van der Waals surface area contributed by atoms with E-state index >= 15 is 0 Å². The smallest absolute Gasteiger partial charge is 0.292 e. The number of nitro groups is 1. The Balaban J connectivity index is 2.26. The van der Waals surface area contributed by atoms with Crippen LogP contribution in [-0.4, -0.2) is 4.92 Å². The quantitative estimate of drug-likeness (QED) is 0.680. The van der Waals surface area contributed by atoms with Crippen molar-refractivity contribution in [3.8, 4) is 6.07 Å². The van der Waals surface area contributed by atoms with E-state index in [1.54, 1.807) is 0 Å². The molecule has 0 aromatic heterocycles. The third kappa shape index (κ3) is 2.93. The van der Waals surface area contributed by atoms with E-state index in [-0.39, 0.29) is 5.69 Å². The number of rotatable bonds is 4. The lowest BCUT2D eigenvalue weighted by Crippen LogP contribution is -2.04. The summed E-state index contributed by atoms with van der Waals surface area (Å²) in [6.07, 6.45) is 0. The lowest BCUT2D eigenvalue weighted by atomic mass is 10.1. The van der Waals surface area contributed by atoms with Crippen LogP contribution in [0.3, 0.4) is 0 Å². The van der Waals surface area contributed by atoms with Gasteiger partial charge < -0.3 is 5.32 Å². The van der Waals surface area contributed by atoms with Crippen molar-refractivity contribution in [2.45, 2.75) is 13.5 Å². The van der Waals surface area contributed by atoms with Crippen molar-refractivity contribution in [3.05, 3.63) is 69.3 Å². The molecule has 2 rings (SSSR count). The van der Waals surface area contributed by atoms with Gasteiger partial charge in [0.15, 0.2) is 0 Å². The van der Waals surface area contributed by atoms with E-state index in [4.69, 9.17) is 5.26 Å². The van der Waals surface area contributed by atoms with Gasteiger partial charge in [0.05, 0.1) is 16.6 Å². The Kier molecular flexibility index (Phi) is 3.96. The van der Waals surface area contributed by atoms with Gasteiger partial charge >= 0.3 is 0 Å². The Morgan fingerprint density at radius 2 is 2.05 bits per heavy atom. The maximum Gasteiger partial charge on any atom is 0.292 e. The lowest BCUT2D eigenvalue weighted by Gasteiger charge is -2.09. The molecule has 0 saturated carbocycles. The molecule has 20 heavy (non-hydrogen) atoms. The third-order valence-electron chi connectivity index (χ3n) is 3.05. The molecule has 5 heteroatoms. The highest BCUT2D eigenvalue weighted by atomic mass is 16.6. The second kappa shape index (κ2) is 5.85. The topological polar surface area (TPSA) is 79.0 Å². The van der Waals surface area contributed by atoms with Gasteiger partial charge in [-0.2, -0.15) is 5.26 Å². The summed E-state index contributed by atoms with van der Waals surface area (Å²) >= 11 is 0. The molecule has 2 aromatic carbocycles. The molecular weight excluding hydrogens is 254 g/mol. The summed E-state index contributed by atoms with van der Waals surface area (Å²) in [5.41, 5.74) is 2.89. The number of nitrogens with zero attached hydrogens (tertiary/aromatic N) is 2. The van der Waals surface area contributed by atoms with E-state index in [1.165, 1.54) is 18.2 Å². The molecule has 0 saturated heterocycles. The second-order valence-electron chi connectivity index (χ2n) is 4.38. The summed E-state index contributed by atoms with van der Waals surface area (Å²) in [5.74, 6) is 0. The molecule has 100 valence electrons. The van der Waals surface area contributed by atoms with Gasteiger partial charge in [-0.3, -0.25) is 10.1 Å². The van der Waals surface area contributed by atoms with Crippen LogP contribution < -0.4 is 5.32 Å². The standard InChI is InChI=1S/C15H13N3O2/c1-11-4-2-3-5-13(11)10-17-14-8-12(9-16)6-7-15(14)18(19)20/h2-8,17H,10H2,1H3. The Hall–Kier alpha value is -2.87. The average Bonchev–Trinajstić information content (AvgIpc) is 2.46. The zero-order chi connectivity index (χ0) is 14.5. The monoisotopic (exact) mass is 267 g/mol. The normalized spacial score (nSPS) is 9.80. The van der Waals surface area contributed by atoms with Crippen molar-refractivity contribution < 1.29 is 4.92 Å². The number of nitrogens with one attached hydrogen (secondary N) is 1. The van der Waals surface area contributed by atoms with Crippen LogP contribution in [0.5, 0.6) is 0 Å². The molecule has 0 radical (unpaired) electrons. The van der Waals surface area contributed by atoms with Gasteiger partial charge in [0.25, 0.3) is 5.69 Å². The Morgan fingerprint density at radius 3 is 2.70 bits per heavy atom. The summed E-state index contributed by atoms with van der Waals surface area (Å²) in [6.45, 7) is 2.46. The van der Waals surface area contributed by atoms with Gasteiger partial charge in [-0.25, -0.2) is 0 Å². The van der Waals surface area contributed by atoms with Gasteiger partial charge in [-0.05, 0) is 30.2 Å². The zero-order valence-corrected chi connectivity index (χ0v) is 11.0. The number of nitriles is 1. The molecule has 0 spiro atoms. The van der Waals surface area contributed by atoms with Crippen molar-refractivity contribution in [3.63, 3.8) is 0 Å². The lowest BCUT2D eigenvalue weighted by molar-refractivity contribution is -0.384. The van der Waals surface area contributed by atoms with Crippen molar-refractivity contribution in [1.82, 2.24) is 0 Å². The molecular formula is C15H13N3O2. The minimum atomic E-state index is -0.457. The van der Waals surface area contributed by atoms with Crippen LogP contribution in [0.1, 0.15) is 16.7 Å². The summed E-state index contributed by atoms with van der Waals surface area (Å²) in [6, 6.07) is 14.1. The summed E-state index contributed by atoms with van der Waals surface area (Å²) in [5, 5.41) is 22.9. The molecule has 0 atom stereocenters. The zero-order valence-electron chi connectivity index (χ0n) is 11.0. The minimum Gasteiger partial charge on any atom is -0.375 e. The molecule has 0 heterocycles. The number of nitro benzene ring substituents is 1. The van der Waals surface area contributed by atoms with Crippen LogP contribution in [0.25, 0.3) is 0 Å². The number of hydrogen-bond acceptors (Lipinski definition) is 4. The van der Waals surface area contributed by atoms with Crippen molar-refractivity contribution in [1.29, 1.82) is 5.26 Å². The predicted molar refractivity (Wildman–Crippen MR) is 76.3 cm³/mol. The van der Waals surface area contributed by atoms with Crippen molar-refractivity contribution >= 4 is 11.4 Å². The van der Waals surface area contributed by atoms with Gasteiger partial charge in [0.2, 0.25) is 0 Å². The minimum absolute atomic E-state index is 0.0300. The van der Waals surface area contributed by atoms with Crippen LogP contribution in [0, 0.1) is 28.4 Å². The molecule has 2 aromatic rings. The van der Waals surface area contributed by atoms with Gasteiger partial charge in [0.1, 0.15) is 5.69 Å². The number of aryl methyl sites for hydroxylation is 1. The first-order chi connectivity index (χ1) is 9.61. The van der Waals surface area contributed by atoms with Crippen LogP contribution in [0.15, 0.2) is 42.5 Å². The number of anilines is 1. The summed E-state index contributed by atoms with van der Waals surface area (Å²) in [7, 11) is 0. The van der Waals surface area contributed by atoms with Crippen LogP contribution in [0.2, 0.25) is 0 Å². The molecule has 0 fully saturated rings. The maximum atomic E-state index is 11.0. The van der Waals surface area contributed by atoms with E-state index in [0.717, 1.165) is 11.1 Å². The molecule has 0 aliphatic rings. The van der Waals surface area contributed by atoms with Crippen molar-refractivity contribution in [2.24, 2.45) is 0 Å². The Labute approximate surface area is 116 Å². The molecule has 0 aliphatic heterocycles. The highest BCUT2D eigenvalue weighted by molar-refractivity contribution is 5.64. The first-order valence-corrected chi connectivity index (χ1v) is 6.08. The first kappa shape index (κ1) is 13.6. The summed E-state index contributed by atoms with van der Waals surface area (Å²) < 4.78 is 0. The van der Waals surface area contributed by atoms with Crippen LogP contribution >= 0.6 is 0 Å². The van der Waals surface area contributed by atoms with E-state index in [9.17, 15) is 10.1 Å². The fraction of sp³-hybridized carbons (Fsp3) is 0.133. The number of benzene rings is 2. The predicted octanol–water partition coefficient (Wildman–Crippen LogP) is 3.39. The van der Waals surface area contributed by atoms with Gasteiger partial charge in [-0.15, -0.1) is 0 Å². The fourth-order valence-corrected chi connectivity index (χ4v) is 1.91. The fourth-order valence-electron chi connectivity index (χ4n) is 1.91. The molecule has 0 unspecified atom stereocenters. The highest BCUT2D eigenvalue weighted by Gasteiger charge is 2.14. The third-order valence-corrected chi connectivity index (χ3v) is 3.05. The van der Waals surface area contributed by atoms with Crippen LogP contribution in [0.4, 0.5) is 11.4 Å². The van der Waals surface area contributed by atoms with Crippen molar-refractivity contribution in [2.75, 3.05) is 5.32 Å². The Morgan fingerprint density at radius 1 is 1.30 bits per heavy atom. The van der Waals surface area contributed by atoms with E-state index < -0.39 is 4.92 Å². The first-order valence-electron chi connectivity index (χ1n) is 6.08. The highest BCUT2D eigenvalue weighted by Crippen LogP contribution is 2.26. The Bertz CT molecular complexity index is 690. The van der Waals surface area contributed by atoms with E-state index in [2.05, 4.69) is 5.32 Å². The van der Waals surface area contributed by atoms with Gasteiger partial charge in [0, 0.05) is 12.6 Å². The molecule has 0 aliphatic carbocycles. The van der Waals surface area contributed by atoms with Gasteiger partial charge in [-0.1, -0.05) is 24.3 Å². The molecule has 0 bridgehead atoms. The van der Waals surface area contributed by atoms with E-state index in [0.29, 0.717) is 17.8 Å². The molecule has 1 N–H and O–H groups in total. The average molecular weight is 267 g/mol. The number of hydrogen-bond donors (Lipinski definition) is 1. The molecule has 0 amide bonds. The van der Waals surface area contributed by atoms with E-state index in [1.807, 2.05) is 37.3 Å². The molecule has 5 nitrogen and oxygen atoms in total. The SMILES string of the molecule is Cc1ccccc1CNc1cc(C#N)ccc1[N+](=O)[O-]. The second-order valence-corrected chi connectivity index (χ2v) is 4.38. The largest absolute Gasteiger partial charge is 0.375 e.